The van der Waals surface area contributed by atoms with E-state index in [2.05, 4.69) is 114 Å². The molecule has 0 saturated carbocycles. The van der Waals surface area contributed by atoms with Crippen LogP contribution in [0.4, 0.5) is 0 Å². The van der Waals surface area contributed by atoms with Crippen LogP contribution in [0.5, 0.6) is 0 Å². The van der Waals surface area contributed by atoms with Crippen LogP contribution >= 0.6 is 0 Å². The van der Waals surface area contributed by atoms with Gasteiger partial charge in [0.1, 0.15) is 0 Å². The molecule has 0 radical (unpaired) electrons. The van der Waals surface area contributed by atoms with Crippen molar-refractivity contribution in [1.82, 2.24) is 14.5 Å². The number of para-hydroxylation sites is 2. The number of nitrogens with zero attached hydrogens (tertiary/aromatic N) is 3. The van der Waals surface area contributed by atoms with Gasteiger partial charge in [0.05, 0.1) is 22.4 Å². The fourth-order valence-electron chi connectivity index (χ4n) is 8.50. The molecular weight excluding hydrogens is 671 g/mol. The smallest absolute Gasteiger partial charge is 0.263 e. The maximum absolute atomic E-state index is 14.5. The van der Waals surface area contributed by atoms with Gasteiger partial charge in [0.15, 0.2) is 0 Å². The van der Waals surface area contributed by atoms with E-state index >= 15 is 0 Å². The first-order valence-corrected chi connectivity index (χ1v) is 18.5. The van der Waals surface area contributed by atoms with Gasteiger partial charge in [-0.05, 0) is 127 Å². The molecule has 0 fully saturated rings. The summed E-state index contributed by atoms with van der Waals surface area (Å²) < 4.78 is 1.82. The van der Waals surface area contributed by atoms with Gasteiger partial charge in [-0.25, -0.2) is 0 Å². The second-order valence-corrected chi connectivity index (χ2v) is 14.1. The number of hydrogen-bond donors (Lipinski definition) is 0. The van der Waals surface area contributed by atoms with Crippen LogP contribution in [0, 0.1) is 0 Å². The number of fused-ring (bicyclic) bond motifs is 10. The van der Waals surface area contributed by atoms with E-state index in [1.807, 2.05) is 77.5 Å². The summed E-state index contributed by atoms with van der Waals surface area (Å²) in [6, 6.07) is 61.3. The molecule has 0 spiro atoms. The average molecular weight is 702 g/mol. The van der Waals surface area contributed by atoms with Crippen molar-refractivity contribution in [3.8, 4) is 39.2 Å². The topological polar surface area (TPSA) is 47.8 Å². The molecule has 0 aliphatic carbocycles. The SMILES string of the molecule is O=c1c2ccc(-c3cc(-c4ccc5c6ccccc6c6ccccc6c5c4)cc(-c4ccccn4)c3)cc2c2ccccc2n1-c1cccc2cccnc12. The second kappa shape index (κ2) is 12.3. The fraction of sp³-hybridized carbons (Fsp3) is 0. The average Bonchev–Trinajstić information content (AvgIpc) is 3.26. The van der Waals surface area contributed by atoms with E-state index in [-0.39, 0.29) is 5.56 Å². The van der Waals surface area contributed by atoms with E-state index in [1.54, 1.807) is 6.20 Å². The highest BCUT2D eigenvalue weighted by Crippen LogP contribution is 2.39. The molecule has 0 aliphatic rings. The van der Waals surface area contributed by atoms with E-state index < -0.39 is 0 Å². The lowest BCUT2D eigenvalue weighted by atomic mass is 9.90. The first-order valence-electron chi connectivity index (χ1n) is 18.5. The molecule has 11 aromatic rings. The lowest BCUT2D eigenvalue weighted by Crippen LogP contribution is -2.19. The van der Waals surface area contributed by atoms with Crippen LogP contribution in [-0.4, -0.2) is 14.5 Å². The first-order chi connectivity index (χ1) is 27.2. The number of aromatic nitrogens is 3. The number of rotatable bonds is 4. The Bertz CT molecular complexity index is 3360. The van der Waals surface area contributed by atoms with Crippen LogP contribution in [0.15, 0.2) is 193 Å². The van der Waals surface area contributed by atoms with Gasteiger partial charge >= 0.3 is 0 Å². The Morgan fingerprint density at radius 1 is 0.364 bits per heavy atom. The number of pyridine rings is 3. The molecule has 256 valence electrons. The largest absolute Gasteiger partial charge is 0.274 e. The summed E-state index contributed by atoms with van der Waals surface area (Å²) in [7, 11) is 0. The van der Waals surface area contributed by atoms with Crippen LogP contribution in [0.2, 0.25) is 0 Å². The molecular formula is C51H31N3O. The Morgan fingerprint density at radius 3 is 1.60 bits per heavy atom. The fourth-order valence-corrected chi connectivity index (χ4v) is 8.50. The minimum Gasteiger partial charge on any atom is -0.274 e. The van der Waals surface area contributed by atoms with Crippen molar-refractivity contribution < 1.29 is 0 Å². The van der Waals surface area contributed by atoms with Crippen LogP contribution in [0.3, 0.4) is 0 Å². The van der Waals surface area contributed by atoms with E-state index in [4.69, 9.17) is 4.98 Å². The van der Waals surface area contributed by atoms with Gasteiger partial charge in [-0.1, -0.05) is 109 Å². The molecule has 0 aliphatic heterocycles. The highest BCUT2D eigenvalue weighted by Gasteiger charge is 2.17. The third-order valence-electron chi connectivity index (χ3n) is 11.0. The zero-order chi connectivity index (χ0) is 36.5. The van der Waals surface area contributed by atoms with Crippen LogP contribution < -0.4 is 5.56 Å². The monoisotopic (exact) mass is 701 g/mol. The summed E-state index contributed by atoms with van der Waals surface area (Å²) in [6.45, 7) is 0. The van der Waals surface area contributed by atoms with Crippen LogP contribution in [0.1, 0.15) is 0 Å². The van der Waals surface area contributed by atoms with Crippen molar-refractivity contribution in [2.45, 2.75) is 0 Å². The van der Waals surface area contributed by atoms with Gasteiger partial charge in [0, 0.05) is 34.1 Å². The standard InChI is InChI=1S/C51H31N3O/c55-51-44-24-22-34(31-46(44)43-17-5-6-19-48(43)54(51)49-20-9-11-32-12-10-26-53-50(32)49)36-27-35(28-37(29-36)47-18-7-8-25-52-47)33-21-23-42-40-15-2-1-13-38(40)39-14-3-4-16-41(39)45(42)30-33/h1-31H. The molecule has 4 nitrogen and oxygen atoms in total. The lowest BCUT2D eigenvalue weighted by Gasteiger charge is -2.16. The quantitative estimate of drug-likeness (QED) is 0.172. The third kappa shape index (κ3) is 4.96. The third-order valence-corrected chi connectivity index (χ3v) is 11.0. The van der Waals surface area contributed by atoms with Gasteiger partial charge < -0.3 is 0 Å². The zero-order valence-corrected chi connectivity index (χ0v) is 29.6. The molecule has 0 amide bonds. The number of hydrogen-bond acceptors (Lipinski definition) is 3. The second-order valence-electron chi connectivity index (χ2n) is 14.1. The molecule has 11 rings (SSSR count). The highest BCUT2D eigenvalue weighted by atomic mass is 16.1. The Morgan fingerprint density at radius 2 is 0.909 bits per heavy atom. The van der Waals surface area contributed by atoms with Crippen molar-refractivity contribution in [3.63, 3.8) is 0 Å². The van der Waals surface area contributed by atoms with Crippen molar-refractivity contribution in [2.24, 2.45) is 0 Å². The van der Waals surface area contributed by atoms with Gasteiger partial charge in [-0.15, -0.1) is 0 Å². The maximum atomic E-state index is 14.5. The Labute approximate surface area is 316 Å². The maximum Gasteiger partial charge on any atom is 0.263 e. The summed E-state index contributed by atoms with van der Waals surface area (Å²) in [5.74, 6) is 0. The van der Waals surface area contributed by atoms with E-state index in [1.165, 1.54) is 32.3 Å². The molecule has 0 bridgehead atoms. The van der Waals surface area contributed by atoms with E-state index in [0.29, 0.717) is 5.39 Å². The Balaban J connectivity index is 1.14. The lowest BCUT2D eigenvalue weighted by molar-refractivity contribution is 1.07. The molecule has 3 heterocycles. The molecule has 55 heavy (non-hydrogen) atoms. The van der Waals surface area contributed by atoms with Crippen molar-refractivity contribution in [3.05, 3.63) is 199 Å². The highest BCUT2D eigenvalue weighted by molar-refractivity contribution is 6.25. The summed E-state index contributed by atoms with van der Waals surface area (Å²) in [6.07, 6.45) is 3.62. The molecule has 3 aromatic heterocycles. The molecule has 0 atom stereocenters. The molecule has 4 heteroatoms. The summed E-state index contributed by atoms with van der Waals surface area (Å²) >= 11 is 0. The van der Waals surface area contributed by atoms with Gasteiger partial charge in [0.25, 0.3) is 5.56 Å². The van der Waals surface area contributed by atoms with Gasteiger partial charge in [-0.3, -0.25) is 19.3 Å². The van der Waals surface area contributed by atoms with Crippen molar-refractivity contribution in [2.75, 3.05) is 0 Å². The summed E-state index contributed by atoms with van der Waals surface area (Å²) in [5, 5.41) is 11.0. The molecule has 0 saturated heterocycles. The minimum atomic E-state index is -0.0720. The Kier molecular flexibility index (Phi) is 6.98. The van der Waals surface area contributed by atoms with Crippen molar-refractivity contribution >= 4 is 64.9 Å². The molecule has 8 aromatic carbocycles. The van der Waals surface area contributed by atoms with E-state index in [0.717, 1.165) is 66.4 Å². The zero-order valence-electron chi connectivity index (χ0n) is 29.6. The first kappa shape index (κ1) is 31.1. The van der Waals surface area contributed by atoms with Crippen LogP contribution in [0.25, 0.3) is 104 Å². The number of benzene rings is 8. The van der Waals surface area contributed by atoms with Crippen molar-refractivity contribution in [1.29, 1.82) is 0 Å². The van der Waals surface area contributed by atoms with Gasteiger partial charge in [-0.2, -0.15) is 0 Å². The molecule has 0 unspecified atom stereocenters. The Hall–Kier alpha value is -7.43. The van der Waals surface area contributed by atoms with Crippen LogP contribution in [-0.2, 0) is 0 Å². The minimum absolute atomic E-state index is 0.0720. The van der Waals surface area contributed by atoms with Gasteiger partial charge in [0.2, 0.25) is 0 Å². The summed E-state index contributed by atoms with van der Waals surface area (Å²) in [5.41, 5.74) is 8.57. The van der Waals surface area contributed by atoms with E-state index in [9.17, 15) is 4.79 Å². The normalized spacial score (nSPS) is 11.7. The predicted octanol–water partition coefficient (Wildman–Crippen LogP) is 12.5. The predicted molar refractivity (Wildman–Crippen MR) is 229 cm³/mol. The molecule has 0 N–H and O–H groups in total. The summed E-state index contributed by atoms with van der Waals surface area (Å²) in [4.78, 5) is 24.0.